The van der Waals surface area contributed by atoms with Crippen molar-refractivity contribution in [2.24, 2.45) is 0 Å². The van der Waals surface area contributed by atoms with Crippen molar-refractivity contribution >= 4 is 75.9 Å². The van der Waals surface area contributed by atoms with Gasteiger partial charge in [-0.25, -0.2) is 9.97 Å². The van der Waals surface area contributed by atoms with Crippen molar-refractivity contribution in [3.63, 3.8) is 0 Å². The van der Waals surface area contributed by atoms with E-state index in [1.165, 1.54) is 54.0 Å². The molecule has 5 heterocycles. The van der Waals surface area contributed by atoms with Crippen molar-refractivity contribution < 1.29 is 0 Å². The van der Waals surface area contributed by atoms with E-state index in [-0.39, 0.29) is 0 Å². The zero-order chi connectivity index (χ0) is 37.5. The Labute approximate surface area is 331 Å². The van der Waals surface area contributed by atoms with Gasteiger partial charge in [0.05, 0.1) is 38.0 Å². The Kier molecular flexibility index (Phi) is 7.03. The third kappa shape index (κ3) is 4.91. The second-order valence-corrected chi connectivity index (χ2v) is 15.5. The molecule has 0 amide bonds. The van der Waals surface area contributed by atoms with Crippen molar-refractivity contribution in [1.82, 2.24) is 24.1 Å². The molecule has 57 heavy (non-hydrogen) atoms. The van der Waals surface area contributed by atoms with Crippen LogP contribution < -0.4 is 0 Å². The Morgan fingerprint density at radius 2 is 1.16 bits per heavy atom. The van der Waals surface area contributed by atoms with Gasteiger partial charge in [0, 0.05) is 55.6 Å². The number of rotatable bonds is 5. The lowest BCUT2D eigenvalue weighted by atomic mass is 9.98. The summed E-state index contributed by atoms with van der Waals surface area (Å²) in [5.41, 5.74) is 12.0. The van der Waals surface area contributed by atoms with Crippen molar-refractivity contribution in [2.75, 3.05) is 0 Å². The van der Waals surface area contributed by atoms with Gasteiger partial charge in [-0.3, -0.25) is 9.55 Å². The van der Waals surface area contributed by atoms with E-state index in [4.69, 9.17) is 9.97 Å². The van der Waals surface area contributed by atoms with Crippen LogP contribution in [0.3, 0.4) is 0 Å². The van der Waals surface area contributed by atoms with Crippen LogP contribution in [0.4, 0.5) is 0 Å². The summed E-state index contributed by atoms with van der Waals surface area (Å²) in [4.78, 5) is 16.3. The van der Waals surface area contributed by atoms with Gasteiger partial charge in [-0.15, -0.1) is 11.3 Å². The molecule has 266 valence electrons. The average molecular weight is 746 g/mol. The fourth-order valence-corrected chi connectivity index (χ4v) is 9.85. The van der Waals surface area contributed by atoms with Gasteiger partial charge in [0.25, 0.3) is 0 Å². The molecule has 0 saturated carbocycles. The summed E-state index contributed by atoms with van der Waals surface area (Å²) in [5.74, 6) is 0.654. The van der Waals surface area contributed by atoms with Crippen molar-refractivity contribution in [1.29, 1.82) is 0 Å². The first kappa shape index (κ1) is 31.9. The molecule has 12 rings (SSSR count). The highest BCUT2D eigenvalue weighted by Gasteiger charge is 2.22. The summed E-state index contributed by atoms with van der Waals surface area (Å²) < 4.78 is 5.72. The summed E-state index contributed by atoms with van der Waals surface area (Å²) in [6.45, 7) is 0. The fourth-order valence-electron chi connectivity index (χ4n) is 8.74. The molecule has 12 aromatic rings. The first-order valence-corrected chi connectivity index (χ1v) is 19.9. The summed E-state index contributed by atoms with van der Waals surface area (Å²) in [7, 11) is 0. The largest absolute Gasteiger partial charge is 0.309 e. The number of aromatic nitrogens is 5. The molecule has 0 atom stereocenters. The van der Waals surface area contributed by atoms with E-state index in [1.54, 1.807) is 11.3 Å². The number of nitrogens with zero attached hydrogens (tertiary/aromatic N) is 5. The van der Waals surface area contributed by atoms with Crippen LogP contribution in [-0.4, -0.2) is 24.1 Å². The van der Waals surface area contributed by atoms with E-state index in [9.17, 15) is 0 Å². The molecule has 0 spiro atoms. The smallest absolute Gasteiger partial charge is 0.235 e. The predicted molar refractivity (Wildman–Crippen MR) is 238 cm³/mol. The second kappa shape index (κ2) is 12.6. The molecule has 5 aromatic heterocycles. The molecule has 6 heteroatoms. The molecule has 5 nitrogen and oxygen atoms in total. The second-order valence-electron chi connectivity index (χ2n) is 14.4. The van der Waals surface area contributed by atoms with E-state index in [1.807, 2.05) is 12.4 Å². The quantitative estimate of drug-likeness (QED) is 0.176. The Morgan fingerprint density at radius 1 is 0.456 bits per heavy atom. The molecule has 0 aliphatic heterocycles. The Balaban J connectivity index is 1.16. The fraction of sp³-hybridized carbons (Fsp3) is 0. The van der Waals surface area contributed by atoms with E-state index >= 15 is 0 Å². The standard InChI is InChI=1S/C51H31N5S/c1-3-13-33(14-4-1)46-31-42-50(57-46)48(34-15-5-2-6-16-34)54-51(53-42)56-44-24-23-35(30-41(44)47-37-17-8-7-12-32(37)22-25-45(47)56)38-19-11-20-40-39-18-9-10-21-43(39)55(49(38)40)36-26-28-52-29-27-36/h1-31H. The Morgan fingerprint density at radius 3 is 2.00 bits per heavy atom. The monoisotopic (exact) mass is 745 g/mol. The predicted octanol–water partition coefficient (Wildman–Crippen LogP) is 13.4. The first-order chi connectivity index (χ1) is 28.3. The van der Waals surface area contributed by atoms with Crippen LogP contribution in [0, 0.1) is 0 Å². The lowest BCUT2D eigenvalue weighted by Crippen LogP contribution is -2.02. The number of hydrogen-bond acceptors (Lipinski definition) is 4. The highest BCUT2D eigenvalue weighted by atomic mass is 32.1. The van der Waals surface area contributed by atoms with Crippen LogP contribution in [0.2, 0.25) is 0 Å². The van der Waals surface area contributed by atoms with Crippen LogP contribution in [-0.2, 0) is 0 Å². The van der Waals surface area contributed by atoms with E-state index < -0.39 is 0 Å². The molecule has 0 fully saturated rings. The maximum absolute atomic E-state index is 5.45. The number of hydrogen-bond donors (Lipinski definition) is 0. The zero-order valence-corrected chi connectivity index (χ0v) is 31.4. The molecule has 0 aliphatic carbocycles. The molecule has 7 aromatic carbocycles. The summed E-state index contributed by atoms with van der Waals surface area (Å²) in [6.07, 6.45) is 3.73. The van der Waals surface area contributed by atoms with Crippen LogP contribution in [0.25, 0.3) is 109 Å². The third-order valence-electron chi connectivity index (χ3n) is 11.2. The maximum Gasteiger partial charge on any atom is 0.235 e. The molecular formula is C51H31N5S. The SMILES string of the molecule is c1ccc(-c2cc3nc(-n4c5ccc(-c6cccc7c8ccccc8n(-c8ccncc8)c67)cc5c5c6ccccc6ccc54)nc(-c4ccccc4)c3s2)cc1. The molecule has 0 unspecified atom stereocenters. The average Bonchev–Trinajstić information content (AvgIpc) is 3.97. The van der Waals surface area contributed by atoms with Gasteiger partial charge in [0.1, 0.15) is 0 Å². The number of thiophene rings is 1. The van der Waals surface area contributed by atoms with Gasteiger partial charge in [0.2, 0.25) is 5.95 Å². The van der Waals surface area contributed by atoms with Gasteiger partial charge in [-0.1, -0.05) is 133 Å². The zero-order valence-electron chi connectivity index (χ0n) is 30.5. The summed E-state index contributed by atoms with van der Waals surface area (Å²) >= 11 is 1.75. The van der Waals surface area contributed by atoms with Gasteiger partial charge in [-0.05, 0) is 64.4 Å². The lowest BCUT2D eigenvalue weighted by molar-refractivity contribution is 1.02. The Hall–Kier alpha value is -7.41. The molecule has 0 N–H and O–H groups in total. The number of pyridine rings is 1. The minimum atomic E-state index is 0.654. The van der Waals surface area contributed by atoms with Crippen LogP contribution in [0.1, 0.15) is 0 Å². The normalized spacial score (nSPS) is 11.9. The van der Waals surface area contributed by atoms with Crippen molar-refractivity contribution in [3.05, 3.63) is 188 Å². The van der Waals surface area contributed by atoms with Crippen LogP contribution in [0.15, 0.2) is 188 Å². The minimum Gasteiger partial charge on any atom is -0.309 e. The highest BCUT2D eigenvalue weighted by molar-refractivity contribution is 7.22. The number of benzene rings is 7. The molecule has 0 radical (unpaired) electrons. The van der Waals surface area contributed by atoms with Crippen LogP contribution in [0.5, 0.6) is 0 Å². The molecule has 0 aliphatic rings. The number of fused-ring (bicyclic) bond motifs is 9. The highest BCUT2D eigenvalue weighted by Crippen LogP contribution is 2.43. The molecular weight excluding hydrogens is 715 g/mol. The minimum absolute atomic E-state index is 0.654. The van der Waals surface area contributed by atoms with Gasteiger partial charge < -0.3 is 4.57 Å². The number of para-hydroxylation sites is 2. The molecule has 0 bridgehead atoms. The topological polar surface area (TPSA) is 48.5 Å². The lowest BCUT2D eigenvalue weighted by Gasteiger charge is -2.12. The first-order valence-electron chi connectivity index (χ1n) is 19.1. The van der Waals surface area contributed by atoms with Gasteiger partial charge in [-0.2, -0.15) is 0 Å². The van der Waals surface area contributed by atoms with Gasteiger partial charge >= 0.3 is 0 Å². The van der Waals surface area contributed by atoms with Gasteiger partial charge in [0.15, 0.2) is 0 Å². The van der Waals surface area contributed by atoms with Crippen molar-refractivity contribution in [2.45, 2.75) is 0 Å². The molecule has 0 saturated heterocycles. The summed E-state index contributed by atoms with van der Waals surface area (Å²) in [6, 6.07) is 62.8. The van der Waals surface area contributed by atoms with E-state index in [0.717, 1.165) is 49.1 Å². The summed E-state index contributed by atoms with van der Waals surface area (Å²) in [5, 5.41) is 7.18. The Bertz CT molecular complexity index is 3510. The third-order valence-corrected chi connectivity index (χ3v) is 12.4. The maximum atomic E-state index is 5.45. The van der Waals surface area contributed by atoms with E-state index in [0.29, 0.717) is 5.95 Å². The van der Waals surface area contributed by atoms with Crippen LogP contribution >= 0.6 is 11.3 Å². The van der Waals surface area contributed by atoms with Crippen molar-refractivity contribution in [3.8, 4) is 44.5 Å². The van der Waals surface area contributed by atoms with E-state index in [2.05, 4.69) is 190 Å².